The van der Waals surface area contributed by atoms with E-state index in [0.29, 0.717) is 24.2 Å². The molecule has 1 aliphatic heterocycles. The van der Waals surface area contributed by atoms with Gasteiger partial charge in [0.15, 0.2) is 0 Å². The molecule has 0 aromatic heterocycles. The van der Waals surface area contributed by atoms with E-state index >= 15 is 0 Å². The number of amides is 2. The molecule has 0 saturated carbocycles. The molecule has 4 rings (SSSR count). The van der Waals surface area contributed by atoms with Crippen LogP contribution in [0.5, 0.6) is 0 Å². The molecule has 7 heteroatoms. The fourth-order valence-electron chi connectivity index (χ4n) is 4.53. The Hall–Kier alpha value is -3.97. The van der Waals surface area contributed by atoms with Crippen LogP contribution in [0.4, 0.5) is 0 Å². The van der Waals surface area contributed by atoms with Crippen molar-refractivity contribution in [3.8, 4) is 11.1 Å². The Balaban J connectivity index is 1.43. The largest absolute Gasteiger partial charge is 0.399 e. The van der Waals surface area contributed by atoms with Crippen molar-refractivity contribution in [3.05, 3.63) is 95.6 Å². The molecule has 3 aromatic carbocycles. The number of likely N-dealkylation sites (tertiary alicyclic amines) is 1. The van der Waals surface area contributed by atoms with Gasteiger partial charge in [0.05, 0.1) is 18.4 Å². The van der Waals surface area contributed by atoms with Gasteiger partial charge in [-0.05, 0) is 41.3 Å². The number of nitrogens with zero attached hydrogens (tertiary/aromatic N) is 2. The van der Waals surface area contributed by atoms with Gasteiger partial charge in [-0.2, -0.15) is 0 Å². The average molecular weight is 486 g/mol. The summed E-state index contributed by atoms with van der Waals surface area (Å²) < 4.78 is 0. The highest BCUT2D eigenvalue weighted by Gasteiger charge is 2.35. The van der Waals surface area contributed by atoms with E-state index < -0.39 is 6.10 Å². The Bertz CT molecular complexity index is 1220. The maximum absolute atomic E-state index is 13.4. The van der Waals surface area contributed by atoms with Crippen LogP contribution in [0.1, 0.15) is 40.4 Å². The molecule has 2 atom stereocenters. The lowest BCUT2D eigenvalue weighted by molar-refractivity contribution is -0.122. The van der Waals surface area contributed by atoms with Crippen LogP contribution in [0.25, 0.3) is 11.1 Å². The predicted octanol–water partition coefficient (Wildman–Crippen LogP) is 4.12. The van der Waals surface area contributed by atoms with Gasteiger partial charge in [-0.3, -0.25) is 9.59 Å². The molecular formula is C29H31N3O4. The summed E-state index contributed by atoms with van der Waals surface area (Å²) in [7, 11) is 1.47. The Morgan fingerprint density at radius 2 is 1.75 bits per heavy atom. The molecule has 1 saturated heterocycles. The highest BCUT2D eigenvalue weighted by Crippen LogP contribution is 2.26. The van der Waals surface area contributed by atoms with Crippen LogP contribution in [0, 0.1) is 6.92 Å². The lowest BCUT2D eigenvalue weighted by Crippen LogP contribution is -2.40. The van der Waals surface area contributed by atoms with Crippen molar-refractivity contribution in [1.29, 1.82) is 0 Å². The molecule has 0 bridgehead atoms. The van der Waals surface area contributed by atoms with Gasteiger partial charge < -0.3 is 20.2 Å². The van der Waals surface area contributed by atoms with Crippen molar-refractivity contribution in [2.45, 2.75) is 31.9 Å². The molecule has 0 radical (unpaired) electrons. The molecule has 1 heterocycles. The molecule has 1 fully saturated rings. The van der Waals surface area contributed by atoms with Gasteiger partial charge in [0, 0.05) is 31.0 Å². The van der Waals surface area contributed by atoms with Crippen molar-refractivity contribution >= 4 is 17.5 Å². The summed E-state index contributed by atoms with van der Waals surface area (Å²) in [5.74, 6) is -0.392. The first kappa shape index (κ1) is 25.1. The van der Waals surface area contributed by atoms with Crippen LogP contribution in [0.3, 0.4) is 0 Å². The third-order valence-electron chi connectivity index (χ3n) is 6.43. The molecule has 3 aromatic rings. The van der Waals surface area contributed by atoms with Crippen LogP contribution in [0.15, 0.2) is 84.0 Å². The predicted molar refractivity (Wildman–Crippen MR) is 140 cm³/mol. The van der Waals surface area contributed by atoms with Crippen LogP contribution < -0.4 is 5.32 Å². The second kappa shape index (κ2) is 11.6. The zero-order chi connectivity index (χ0) is 25.5. The maximum atomic E-state index is 13.4. The number of hydrogen-bond acceptors (Lipinski definition) is 5. The Morgan fingerprint density at radius 3 is 2.44 bits per heavy atom. The first-order chi connectivity index (χ1) is 17.5. The number of nitrogens with one attached hydrogen (secondary N) is 1. The van der Waals surface area contributed by atoms with Crippen LogP contribution in [-0.2, 0) is 9.63 Å². The lowest BCUT2D eigenvalue weighted by Gasteiger charge is -2.24. The first-order valence-electron chi connectivity index (χ1n) is 12.0. The van der Waals surface area contributed by atoms with E-state index in [2.05, 4.69) is 29.5 Å². The van der Waals surface area contributed by atoms with Gasteiger partial charge in [0.2, 0.25) is 5.91 Å². The number of oxime groups is 1. The van der Waals surface area contributed by atoms with Gasteiger partial charge >= 0.3 is 0 Å². The number of carbonyl (C=O) groups is 2. The van der Waals surface area contributed by atoms with E-state index in [0.717, 1.165) is 16.7 Å². The number of rotatable bonds is 8. The normalized spacial score (nSPS) is 17.1. The smallest absolute Gasteiger partial charge is 0.254 e. The molecule has 2 amide bonds. The standard InChI is InChI=1S/C29H31N3O4/c1-20-8-6-7-11-26(20)21-12-14-23(15-13-21)29(35)32-19-24(31-36-2)16-25(32)17-28(34)30-18-27(33)22-9-4-3-5-10-22/h3-15,25,27,33H,16-19H2,1-2H3,(H,30,34)/t25-,27-/m0/s1. The van der Waals surface area contributed by atoms with Gasteiger partial charge in [0.1, 0.15) is 7.11 Å². The quantitative estimate of drug-likeness (QED) is 0.470. The number of hydrogen-bond donors (Lipinski definition) is 2. The first-order valence-corrected chi connectivity index (χ1v) is 12.0. The number of aliphatic hydroxyl groups is 1. The van der Waals surface area contributed by atoms with E-state index in [1.165, 1.54) is 12.7 Å². The lowest BCUT2D eigenvalue weighted by atomic mass is 9.99. The van der Waals surface area contributed by atoms with Gasteiger partial charge in [-0.15, -0.1) is 0 Å². The van der Waals surface area contributed by atoms with Crippen molar-refractivity contribution < 1.29 is 19.5 Å². The van der Waals surface area contributed by atoms with Gasteiger partial charge in [0.25, 0.3) is 5.91 Å². The Kier molecular flexibility index (Phi) is 8.13. The minimum absolute atomic E-state index is 0.100. The summed E-state index contributed by atoms with van der Waals surface area (Å²) in [6, 6.07) is 24.5. The van der Waals surface area contributed by atoms with Crippen LogP contribution in [0.2, 0.25) is 0 Å². The minimum atomic E-state index is -0.797. The minimum Gasteiger partial charge on any atom is -0.399 e. The number of benzene rings is 3. The molecule has 0 spiro atoms. The second-order valence-electron chi connectivity index (χ2n) is 8.96. The van der Waals surface area contributed by atoms with Crippen LogP contribution in [-0.4, -0.2) is 53.8 Å². The van der Waals surface area contributed by atoms with Crippen LogP contribution >= 0.6 is 0 Å². The van der Waals surface area contributed by atoms with Gasteiger partial charge in [-0.1, -0.05) is 71.9 Å². The maximum Gasteiger partial charge on any atom is 0.254 e. The van der Waals surface area contributed by atoms with E-state index in [1.807, 2.05) is 66.7 Å². The Morgan fingerprint density at radius 1 is 1.06 bits per heavy atom. The zero-order valence-electron chi connectivity index (χ0n) is 20.6. The topological polar surface area (TPSA) is 91.2 Å². The summed E-state index contributed by atoms with van der Waals surface area (Å²) in [5.41, 5.74) is 5.33. The molecule has 7 nitrogen and oxygen atoms in total. The number of aliphatic hydroxyl groups excluding tert-OH is 1. The number of aryl methyl sites for hydroxylation is 1. The third-order valence-corrected chi connectivity index (χ3v) is 6.43. The highest BCUT2D eigenvalue weighted by atomic mass is 16.6. The summed E-state index contributed by atoms with van der Waals surface area (Å²) in [5, 5.41) is 17.2. The monoisotopic (exact) mass is 485 g/mol. The fourth-order valence-corrected chi connectivity index (χ4v) is 4.53. The third kappa shape index (κ3) is 5.98. The molecule has 1 aliphatic rings. The van der Waals surface area contributed by atoms with Crippen molar-refractivity contribution in [2.75, 3.05) is 20.2 Å². The average Bonchev–Trinajstić information content (AvgIpc) is 3.30. The molecule has 0 unspecified atom stereocenters. The van der Waals surface area contributed by atoms with E-state index in [-0.39, 0.29) is 30.8 Å². The van der Waals surface area contributed by atoms with E-state index in [4.69, 9.17) is 4.84 Å². The second-order valence-corrected chi connectivity index (χ2v) is 8.96. The van der Waals surface area contributed by atoms with Gasteiger partial charge in [-0.25, -0.2) is 0 Å². The fraction of sp³-hybridized carbons (Fsp3) is 0.276. The summed E-state index contributed by atoms with van der Waals surface area (Å²) >= 11 is 0. The van der Waals surface area contributed by atoms with E-state index in [1.54, 1.807) is 4.90 Å². The Labute approximate surface area is 211 Å². The zero-order valence-corrected chi connectivity index (χ0v) is 20.6. The SMILES string of the molecule is CON=C1C[C@@H](CC(=O)NC[C@H](O)c2ccccc2)N(C(=O)c2ccc(-c3ccccc3C)cc2)C1. The van der Waals surface area contributed by atoms with E-state index in [9.17, 15) is 14.7 Å². The summed E-state index contributed by atoms with van der Waals surface area (Å²) in [6.07, 6.45) is -0.235. The molecule has 2 N–H and O–H groups in total. The highest BCUT2D eigenvalue weighted by molar-refractivity contribution is 6.01. The number of carbonyl (C=O) groups excluding carboxylic acids is 2. The molecule has 36 heavy (non-hydrogen) atoms. The van der Waals surface area contributed by atoms with Crippen molar-refractivity contribution in [2.24, 2.45) is 5.16 Å². The van der Waals surface area contributed by atoms with Crippen molar-refractivity contribution in [1.82, 2.24) is 10.2 Å². The van der Waals surface area contributed by atoms with Crippen molar-refractivity contribution in [3.63, 3.8) is 0 Å². The molecule has 186 valence electrons. The summed E-state index contributed by atoms with van der Waals surface area (Å²) in [4.78, 5) is 32.7. The summed E-state index contributed by atoms with van der Waals surface area (Å²) in [6.45, 7) is 2.46. The molecular weight excluding hydrogens is 454 g/mol. The molecule has 0 aliphatic carbocycles.